The molecule has 1 heterocycles. The van der Waals surface area contributed by atoms with E-state index < -0.39 is 0 Å². The second-order valence-corrected chi connectivity index (χ2v) is 5.30. The fourth-order valence-corrected chi connectivity index (χ4v) is 2.12. The molecule has 0 unspecified atom stereocenters. The highest BCUT2D eigenvalue weighted by Gasteiger charge is 2.03. The second kappa shape index (κ2) is 11.8. The Kier molecular flexibility index (Phi) is 10.1. The predicted molar refractivity (Wildman–Crippen MR) is 110 cm³/mol. The van der Waals surface area contributed by atoms with Gasteiger partial charge in [-0.2, -0.15) is 5.10 Å². The molecule has 138 valence electrons. The van der Waals surface area contributed by atoms with E-state index in [1.807, 2.05) is 20.9 Å². The molecule has 7 nitrogen and oxygen atoms in total. The first kappa shape index (κ1) is 21.4. The average Bonchev–Trinajstić information content (AvgIpc) is 3.01. The maximum atomic E-state index is 5.41. The van der Waals surface area contributed by atoms with Gasteiger partial charge in [0.05, 0.1) is 19.7 Å². The first-order valence-corrected chi connectivity index (χ1v) is 8.23. The second-order valence-electron chi connectivity index (χ2n) is 5.30. The van der Waals surface area contributed by atoms with Crippen LogP contribution in [0.15, 0.2) is 35.6 Å². The Morgan fingerprint density at radius 2 is 1.88 bits per heavy atom. The molecule has 0 saturated carbocycles. The highest BCUT2D eigenvalue weighted by atomic mass is 127. The molecule has 0 fully saturated rings. The number of hydrogen-bond donors (Lipinski definition) is 2. The number of ether oxygens (including phenoxy) is 1. The number of aromatic nitrogens is 3. The first-order valence-electron chi connectivity index (χ1n) is 8.23. The zero-order valence-corrected chi connectivity index (χ0v) is 17.4. The van der Waals surface area contributed by atoms with Gasteiger partial charge in [-0.15, -0.1) is 24.0 Å². The van der Waals surface area contributed by atoms with Gasteiger partial charge in [-0.1, -0.05) is 24.3 Å². The van der Waals surface area contributed by atoms with Gasteiger partial charge in [-0.05, 0) is 25.0 Å². The van der Waals surface area contributed by atoms with Crippen LogP contribution in [0.5, 0.6) is 0 Å². The Bertz CT molecular complexity index is 641. The standard InChI is InChI=1S/C17H26N6O.HI/c1-4-18-17(20-11-16-21-13-22-23(16)3)19-10-14-6-8-15(9-7-14)12-24-5-2;/h6-9,13H,4-5,10-12H2,1-3H3,(H2,18,19,20);1H. The van der Waals surface area contributed by atoms with Crippen LogP contribution in [0.25, 0.3) is 0 Å². The van der Waals surface area contributed by atoms with Crippen molar-refractivity contribution in [3.05, 3.63) is 47.5 Å². The van der Waals surface area contributed by atoms with Crippen molar-refractivity contribution in [1.82, 2.24) is 25.4 Å². The summed E-state index contributed by atoms with van der Waals surface area (Å²) in [5.74, 6) is 1.62. The summed E-state index contributed by atoms with van der Waals surface area (Å²) in [6, 6.07) is 8.34. The van der Waals surface area contributed by atoms with E-state index in [1.165, 1.54) is 5.56 Å². The third kappa shape index (κ3) is 7.39. The molecular weight excluding hydrogens is 431 g/mol. The monoisotopic (exact) mass is 458 g/mol. The van der Waals surface area contributed by atoms with Gasteiger partial charge in [-0.25, -0.2) is 9.98 Å². The third-order valence-corrected chi connectivity index (χ3v) is 3.48. The van der Waals surface area contributed by atoms with Crippen LogP contribution in [0, 0.1) is 0 Å². The molecule has 0 amide bonds. The minimum Gasteiger partial charge on any atom is -0.377 e. The van der Waals surface area contributed by atoms with Gasteiger partial charge in [0.1, 0.15) is 12.2 Å². The summed E-state index contributed by atoms with van der Waals surface area (Å²) >= 11 is 0. The van der Waals surface area contributed by atoms with E-state index in [0.29, 0.717) is 19.7 Å². The Labute approximate surface area is 166 Å². The van der Waals surface area contributed by atoms with Crippen LogP contribution in [-0.4, -0.2) is 33.9 Å². The zero-order valence-electron chi connectivity index (χ0n) is 15.0. The van der Waals surface area contributed by atoms with Gasteiger partial charge in [-0.3, -0.25) is 4.68 Å². The van der Waals surface area contributed by atoms with Crippen molar-refractivity contribution >= 4 is 29.9 Å². The molecule has 0 saturated heterocycles. The van der Waals surface area contributed by atoms with E-state index in [1.54, 1.807) is 11.0 Å². The van der Waals surface area contributed by atoms with Crippen molar-refractivity contribution in [3.8, 4) is 0 Å². The fraction of sp³-hybridized carbons (Fsp3) is 0.471. The van der Waals surface area contributed by atoms with Crippen LogP contribution in [-0.2, 0) is 31.5 Å². The quantitative estimate of drug-likeness (QED) is 0.361. The topological polar surface area (TPSA) is 76.4 Å². The Hall–Kier alpha value is -1.68. The lowest BCUT2D eigenvalue weighted by molar-refractivity contribution is 0.134. The van der Waals surface area contributed by atoms with Crippen molar-refractivity contribution in [2.45, 2.75) is 33.5 Å². The first-order chi connectivity index (χ1) is 11.7. The molecule has 25 heavy (non-hydrogen) atoms. The summed E-state index contributed by atoms with van der Waals surface area (Å²) < 4.78 is 7.15. The minimum atomic E-state index is 0. The Balaban J connectivity index is 0.00000312. The molecular formula is C17H27IN6O. The van der Waals surface area contributed by atoms with Crippen molar-refractivity contribution in [1.29, 1.82) is 0 Å². The van der Waals surface area contributed by atoms with E-state index in [4.69, 9.17) is 4.74 Å². The lowest BCUT2D eigenvalue weighted by Gasteiger charge is -2.11. The summed E-state index contributed by atoms with van der Waals surface area (Å²) in [6.45, 7) is 7.43. The molecule has 0 aliphatic carbocycles. The van der Waals surface area contributed by atoms with Crippen LogP contribution >= 0.6 is 24.0 Å². The molecule has 0 bridgehead atoms. The summed E-state index contributed by atoms with van der Waals surface area (Å²) in [5.41, 5.74) is 2.34. The van der Waals surface area contributed by atoms with E-state index in [9.17, 15) is 0 Å². The maximum absolute atomic E-state index is 5.41. The fourth-order valence-electron chi connectivity index (χ4n) is 2.12. The number of benzene rings is 1. The molecule has 2 N–H and O–H groups in total. The molecule has 0 spiro atoms. The van der Waals surface area contributed by atoms with E-state index >= 15 is 0 Å². The number of hydrogen-bond acceptors (Lipinski definition) is 4. The largest absolute Gasteiger partial charge is 0.377 e. The Morgan fingerprint density at radius 1 is 1.16 bits per heavy atom. The van der Waals surface area contributed by atoms with Crippen LogP contribution in [0.4, 0.5) is 0 Å². The van der Waals surface area contributed by atoms with Crippen LogP contribution in [0.2, 0.25) is 0 Å². The third-order valence-electron chi connectivity index (χ3n) is 3.48. The van der Waals surface area contributed by atoms with Gasteiger partial charge < -0.3 is 15.4 Å². The smallest absolute Gasteiger partial charge is 0.191 e. The number of rotatable bonds is 8. The van der Waals surface area contributed by atoms with Gasteiger partial charge in [0, 0.05) is 20.2 Å². The number of aliphatic imine (C=N–C) groups is 1. The van der Waals surface area contributed by atoms with Crippen LogP contribution in [0.1, 0.15) is 30.8 Å². The van der Waals surface area contributed by atoms with E-state index in [-0.39, 0.29) is 24.0 Å². The van der Waals surface area contributed by atoms with Crippen LogP contribution < -0.4 is 10.6 Å². The van der Waals surface area contributed by atoms with Crippen molar-refractivity contribution < 1.29 is 4.74 Å². The highest BCUT2D eigenvalue weighted by molar-refractivity contribution is 14.0. The van der Waals surface area contributed by atoms with Crippen molar-refractivity contribution in [3.63, 3.8) is 0 Å². The maximum Gasteiger partial charge on any atom is 0.191 e. The van der Waals surface area contributed by atoms with Gasteiger partial charge in [0.15, 0.2) is 5.96 Å². The van der Waals surface area contributed by atoms with E-state index in [2.05, 4.69) is 50.0 Å². The lowest BCUT2D eigenvalue weighted by Crippen LogP contribution is -2.37. The summed E-state index contributed by atoms with van der Waals surface area (Å²) in [4.78, 5) is 8.81. The predicted octanol–water partition coefficient (Wildman–Crippen LogP) is 2.22. The lowest BCUT2D eigenvalue weighted by atomic mass is 10.1. The van der Waals surface area contributed by atoms with Gasteiger partial charge in [0.25, 0.3) is 0 Å². The average molecular weight is 458 g/mol. The molecule has 2 aromatic rings. The zero-order chi connectivity index (χ0) is 17.2. The molecule has 0 aliphatic rings. The molecule has 1 aromatic carbocycles. The number of nitrogens with zero attached hydrogens (tertiary/aromatic N) is 4. The SMILES string of the molecule is CCNC(=NCc1ccc(COCC)cc1)NCc1ncnn1C.I. The number of aryl methyl sites for hydroxylation is 1. The summed E-state index contributed by atoms with van der Waals surface area (Å²) in [5, 5.41) is 10.6. The molecule has 8 heteroatoms. The normalized spacial score (nSPS) is 11.1. The Morgan fingerprint density at radius 3 is 2.48 bits per heavy atom. The van der Waals surface area contributed by atoms with Crippen molar-refractivity contribution in [2.75, 3.05) is 13.2 Å². The number of nitrogens with one attached hydrogen (secondary N) is 2. The summed E-state index contributed by atoms with van der Waals surface area (Å²) in [7, 11) is 1.87. The van der Waals surface area contributed by atoms with Gasteiger partial charge in [0.2, 0.25) is 0 Å². The molecule has 1 aromatic heterocycles. The summed E-state index contributed by atoms with van der Waals surface area (Å²) in [6.07, 6.45) is 1.55. The molecule has 0 radical (unpaired) electrons. The highest BCUT2D eigenvalue weighted by Crippen LogP contribution is 2.07. The van der Waals surface area contributed by atoms with Crippen molar-refractivity contribution in [2.24, 2.45) is 12.0 Å². The van der Waals surface area contributed by atoms with E-state index in [0.717, 1.165) is 30.5 Å². The molecule has 0 aliphatic heterocycles. The van der Waals surface area contributed by atoms with Crippen LogP contribution in [0.3, 0.4) is 0 Å². The molecule has 0 atom stereocenters. The molecule has 2 rings (SSSR count). The minimum absolute atomic E-state index is 0. The number of halogens is 1. The number of guanidine groups is 1. The van der Waals surface area contributed by atoms with Gasteiger partial charge >= 0.3 is 0 Å².